The summed E-state index contributed by atoms with van der Waals surface area (Å²) >= 11 is 0. The Hall–Kier alpha value is -5.93. The largest absolute Gasteiger partial charge is 0.252 e. The molecule has 6 aromatic rings. The minimum absolute atomic E-state index is 0.720. The highest BCUT2D eigenvalue weighted by Gasteiger charge is 2.18. The van der Waals surface area contributed by atoms with E-state index in [1.807, 2.05) is 13.0 Å². The second-order valence-electron chi connectivity index (χ2n) is 11.9. The summed E-state index contributed by atoms with van der Waals surface area (Å²) in [6.45, 7) is 4.11. The standard InChI is InChI=1S/C44H33N3/c1-3-11-29(4-2)30-18-24-34(25-19-30)44-46-40-17-10-9-16-38(40)42(47-44)33-22-20-32(21-23-33)41-35-13-5-7-14-36(28-35)45-43-37-15-8-6-12-31(37)26-27-39(41)43/h3-27H,28H2,1-2H3/b11-3-,29-4+. The van der Waals surface area contributed by atoms with E-state index in [-0.39, 0.29) is 0 Å². The second kappa shape index (κ2) is 12.1. The van der Waals surface area contributed by atoms with Gasteiger partial charge >= 0.3 is 0 Å². The van der Waals surface area contributed by atoms with Gasteiger partial charge in [-0.3, -0.25) is 4.99 Å². The van der Waals surface area contributed by atoms with E-state index in [9.17, 15) is 0 Å². The smallest absolute Gasteiger partial charge is 0.160 e. The number of rotatable bonds is 5. The number of hydrogen-bond donors (Lipinski definition) is 0. The summed E-state index contributed by atoms with van der Waals surface area (Å²) in [5.74, 6) is 0.720. The minimum Gasteiger partial charge on any atom is -0.252 e. The molecule has 1 aliphatic heterocycles. The van der Waals surface area contributed by atoms with Gasteiger partial charge in [0, 0.05) is 39.2 Å². The van der Waals surface area contributed by atoms with Crippen LogP contribution in [0.3, 0.4) is 0 Å². The molecule has 2 bridgehead atoms. The fraction of sp³-hybridized carbons (Fsp3) is 0.0682. The van der Waals surface area contributed by atoms with Gasteiger partial charge in [-0.25, -0.2) is 9.97 Å². The van der Waals surface area contributed by atoms with E-state index in [0.29, 0.717) is 0 Å². The highest BCUT2D eigenvalue weighted by molar-refractivity contribution is 5.94. The van der Waals surface area contributed by atoms with Crippen LogP contribution in [0.25, 0.3) is 55.5 Å². The van der Waals surface area contributed by atoms with Crippen molar-refractivity contribution in [3.63, 3.8) is 0 Å². The SMILES string of the molecule is C/C=C\C(=C/C)c1ccc(-c2nc(-c3ccc(C4=c5ccc6ccccc6c5=NC5=CC=CC=C4C5)cc3)c3ccccc3n2)cc1. The maximum Gasteiger partial charge on any atom is 0.160 e. The number of para-hydroxylation sites is 1. The molecular weight excluding hydrogens is 571 g/mol. The molecule has 0 spiro atoms. The van der Waals surface area contributed by atoms with Gasteiger partial charge in [-0.05, 0) is 59.2 Å². The van der Waals surface area contributed by atoms with Crippen LogP contribution in [-0.4, -0.2) is 9.97 Å². The first-order chi connectivity index (χ1) is 23.2. The Morgan fingerprint density at radius 1 is 0.660 bits per heavy atom. The van der Waals surface area contributed by atoms with Crippen LogP contribution < -0.4 is 10.6 Å². The Balaban J connectivity index is 1.26. The lowest BCUT2D eigenvalue weighted by Crippen LogP contribution is -2.28. The number of aromatic nitrogens is 2. The predicted octanol–water partition coefficient (Wildman–Crippen LogP) is 9.70. The molecule has 2 aliphatic rings. The molecular formula is C44H33N3. The highest BCUT2D eigenvalue weighted by Crippen LogP contribution is 2.33. The molecule has 8 rings (SSSR count). The Bertz CT molecular complexity index is 2470. The van der Waals surface area contributed by atoms with E-state index in [2.05, 4.69) is 153 Å². The molecule has 3 heteroatoms. The van der Waals surface area contributed by atoms with Crippen molar-refractivity contribution >= 4 is 32.8 Å². The fourth-order valence-corrected chi connectivity index (χ4v) is 6.71. The first-order valence-electron chi connectivity index (χ1n) is 16.1. The minimum atomic E-state index is 0.720. The molecule has 0 unspecified atom stereocenters. The first-order valence-corrected chi connectivity index (χ1v) is 16.1. The zero-order chi connectivity index (χ0) is 31.7. The maximum atomic E-state index is 5.21. The van der Waals surface area contributed by atoms with Crippen LogP contribution in [0.5, 0.6) is 0 Å². The molecule has 0 atom stereocenters. The van der Waals surface area contributed by atoms with Gasteiger partial charge in [-0.1, -0.05) is 140 Å². The summed E-state index contributed by atoms with van der Waals surface area (Å²) in [7, 11) is 0. The van der Waals surface area contributed by atoms with Gasteiger partial charge in [-0.15, -0.1) is 0 Å². The number of fused-ring (bicyclic) bond motifs is 6. The third-order valence-corrected chi connectivity index (χ3v) is 9.00. The van der Waals surface area contributed by atoms with Crippen molar-refractivity contribution in [2.45, 2.75) is 20.3 Å². The third-order valence-electron chi connectivity index (χ3n) is 9.00. The molecule has 0 amide bonds. The van der Waals surface area contributed by atoms with Gasteiger partial charge in [0.05, 0.1) is 16.6 Å². The lowest BCUT2D eigenvalue weighted by molar-refractivity contribution is 1.10. The number of allylic oxidation sites excluding steroid dienone is 9. The van der Waals surface area contributed by atoms with Crippen molar-refractivity contribution < 1.29 is 0 Å². The first kappa shape index (κ1) is 28.5. The average molecular weight is 604 g/mol. The van der Waals surface area contributed by atoms with E-state index < -0.39 is 0 Å². The summed E-state index contributed by atoms with van der Waals surface area (Å²) in [4.78, 5) is 15.4. The zero-order valence-electron chi connectivity index (χ0n) is 26.5. The van der Waals surface area contributed by atoms with E-state index in [1.54, 1.807) is 0 Å². The third kappa shape index (κ3) is 5.26. The van der Waals surface area contributed by atoms with Gasteiger partial charge in [-0.2, -0.15) is 0 Å². The quantitative estimate of drug-likeness (QED) is 0.184. The van der Waals surface area contributed by atoms with Gasteiger partial charge < -0.3 is 0 Å². The fourth-order valence-electron chi connectivity index (χ4n) is 6.71. The monoisotopic (exact) mass is 603 g/mol. The van der Waals surface area contributed by atoms with Crippen LogP contribution in [0.2, 0.25) is 0 Å². The molecule has 224 valence electrons. The molecule has 5 aromatic carbocycles. The van der Waals surface area contributed by atoms with Crippen LogP contribution in [0, 0.1) is 0 Å². The van der Waals surface area contributed by atoms with Crippen LogP contribution in [0.4, 0.5) is 0 Å². The molecule has 1 aliphatic carbocycles. The Kier molecular flexibility index (Phi) is 7.35. The van der Waals surface area contributed by atoms with Crippen molar-refractivity contribution in [2.24, 2.45) is 4.99 Å². The van der Waals surface area contributed by atoms with E-state index in [4.69, 9.17) is 15.0 Å². The van der Waals surface area contributed by atoms with Gasteiger partial charge in [0.15, 0.2) is 5.82 Å². The number of nitrogens with zero attached hydrogens (tertiary/aromatic N) is 3. The second-order valence-corrected chi connectivity index (χ2v) is 11.9. The molecule has 0 N–H and O–H groups in total. The van der Waals surface area contributed by atoms with Crippen LogP contribution in [-0.2, 0) is 0 Å². The van der Waals surface area contributed by atoms with Crippen molar-refractivity contribution in [3.05, 3.63) is 185 Å². The van der Waals surface area contributed by atoms with Crippen LogP contribution in [0.15, 0.2) is 168 Å². The van der Waals surface area contributed by atoms with E-state index in [1.165, 1.54) is 38.6 Å². The summed E-state index contributed by atoms with van der Waals surface area (Å²) in [5.41, 5.74) is 11.0. The summed E-state index contributed by atoms with van der Waals surface area (Å²) in [5, 5.41) is 5.61. The predicted molar refractivity (Wildman–Crippen MR) is 196 cm³/mol. The van der Waals surface area contributed by atoms with Crippen molar-refractivity contribution in [1.29, 1.82) is 0 Å². The Labute approximate surface area is 274 Å². The molecule has 1 aromatic heterocycles. The molecule has 0 radical (unpaired) electrons. The highest BCUT2D eigenvalue weighted by atomic mass is 14.9. The Morgan fingerprint density at radius 3 is 2.19 bits per heavy atom. The summed E-state index contributed by atoms with van der Waals surface area (Å²) in [6.07, 6.45) is 15.7. The van der Waals surface area contributed by atoms with Crippen LogP contribution in [0.1, 0.15) is 31.4 Å². The molecule has 0 saturated carbocycles. The Morgan fingerprint density at radius 2 is 1.38 bits per heavy atom. The number of hydrogen-bond acceptors (Lipinski definition) is 3. The molecule has 2 heterocycles. The molecule has 47 heavy (non-hydrogen) atoms. The summed E-state index contributed by atoms with van der Waals surface area (Å²) < 4.78 is 0. The summed E-state index contributed by atoms with van der Waals surface area (Å²) in [6, 6.07) is 38.7. The van der Waals surface area contributed by atoms with Gasteiger partial charge in [0.25, 0.3) is 0 Å². The molecule has 0 saturated heterocycles. The van der Waals surface area contributed by atoms with Crippen molar-refractivity contribution in [1.82, 2.24) is 9.97 Å². The van der Waals surface area contributed by atoms with Crippen molar-refractivity contribution in [3.8, 4) is 22.6 Å². The molecule has 3 nitrogen and oxygen atoms in total. The topological polar surface area (TPSA) is 38.1 Å². The van der Waals surface area contributed by atoms with Gasteiger partial charge in [0.2, 0.25) is 0 Å². The number of benzene rings is 5. The normalized spacial score (nSPS) is 14.4. The van der Waals surface area contributed by atoms with Gasteiger partial charge in [0.1, 0.15) is 0 Å². The molecule has 0 fully saturated rings. The average Bonchev–Trinajstić information content (AvgIpc) is 3.45. The zero-order valence-corrected chi connectivity index (χ0v) is 26.5. The maximum absolute atomic E-state index is 5.21. The van der Waals surface area contributed by atoms with E-state index >= 15 is 0 Å². The van der Waals surface area contributed by atoms with Crippen molar-refractivity contribution in [2.75, 3.05) is 0 Å². The lowest BCUT2D eigenvalue weighted by Gasteiger charge is -2.13. The van der Waals surface area contributed by atoms with E-state index in [0.717, 1.165) is 56.2 Å². The van der Waals surface area contributed by atoms with Crippen LogP contribution >= 0.6 is 0 Å². The lowest BCUT2D eigenvalue weighted by atomic mass is 9.91.